The zero-order chi connectivity index (χ0) is 24.6. The number of carbonyl (C=O) groups excluding carboxylic acids is 1. The van der Waals surface area contributed by atoms with Crippen LogP contribution in [-0.2, 0) is 32.5 Å². The number of rotatable bonds is 12. The molecule has 0 saturated carbocycles. The first-order valence-electron chi connectivity index (χ1n) is 10.2. The number of hydrogen-bond acceptors (Lipinski definition) is 6. The van der Waals surface area contributed by atoms with Crippen LogP contribution in [0.4, 0.5) is 0 Å². The predicted molar refractivity (Wildman–Crippen MR) is 129 cm³/mol. The van der Waals surface area contributed by atoms with Gasteiger partial charge in [-0.25, -0.2) is 22.9 Å². The maximum absolute atomic E-state index is 12.4. The minimum Gasteiger partial charge on any atom is -0.480 e. The maximum Gasteiger partial charge on any atom is 0.326 e. The van der Waals surface area contributed by atoms with Crippen molar-refractivity contribution in [3.05, 3.63) is 77.3 Å². The van der Waals surface area contributed by atoms with Crippen molar-refractivity contribution in [1.29, 1.82) is 0 Å². The third-order valence-electron chi connectivity index (χ3n) is 4.70. The number of benzene rings is 2. The van der Waals surface area contributed by atoms with E-state index in [9.17, 15) is 23.1 Å². The lowest BCUT2D eigenvalue weighted by molar-refractivity contribution is -0.141. The largest absolute Gasteiger partial charge is 0.480 e. The zero-order valence-corrected chi connectivity index (χ0v) is 20.3. The summed E-state index contributed by atoms with van der Waals surface area (Å²) in [6, 6.07) is 12.2. The van der Waals surface area contributed by atoms with Gasteiger partial charge in [-0.15, -0.1) is 11.8 Å². The van der Waals surface area contributed by atoms with Gasteiger partial charge in [0, 0.05) is 29.1 Å². The van der Waals surface area contributed by atoms with Crippen LogP contribution in [0.15, 0.2) is 70.8 Å². The third-order valence-corrected chi connectivity index (χ3v) is 7.42. The molecule has 9 nitrogen and oxygen atoms in total. The van der Waals surface area contributed by atoms with Gasteiger partial charge in [-0.2, -0.15) is 0 Å². The van der Waals surface area contributed by atoms with Crippen molar-refractivity contribution in [3.63, 3.8) is 0 Å². The van der Waals surface area contributed by atoms with E-state index in [2.05, 4.69) is 20.0 Å². The van der Waals surface area contributed by atoms with Gasteiger partial charge in [-0.1, -0.05) is 23.7 Å². The van der Waals surface area contributed by atoms with Gasteiger partial charge in [0.15, 0.2) is 0 Å². The Bertz CT molecular complexity index is 1220. The normalized spacial score (nSPS) is 12.3. The lowest BCUT2D eigenvalue weighted by Crippen LogP contribution is -2.43. The van der Waals surface area contributed by atoms with Crippen molar-refractivity contribution in [3.8, 4) is 0 Å². The van der Waals surface area contributed by atoms with Gasteiger partial charge in [0.2, 0.25) is 15.9 Å². The summed E-state index contributed by atoms with van der Waals surface area (Å²) in [5, 5.41) is 12.3. The molecule has 1 heterocycles. The molecule has 180 valence electrons. The summed E-state index contributed by atoms with van der Waals surface area (Å²) in [5.74, 6) is -1.50. The average Bonchev–Trinajstić information content (AvgIpc) is 3.31. The van der Waals surface area contributed by atoms with E-state index in [-0.39, 0.29) is 23.6 Å². The van der Waals surface area contributed by atoms with E-state index in [0.29, 0.717) is 17.1 Å². The molecule has 12 heteroatoms. The molecule has 0 aliphatic heterocycles. The van der Waals surface area contributed by atoms with E-state index in [4.69, 9.17) is 11.6 Å². The molecule has 4 N–H and O–H groups in total. The molecule has 1 aromatic heterocycles. The van der Waals surface area contributed by atoms with E-state index < -0.39 is 27.9 Å². The van der Waals surface area contributed by atoms with E-state index >= 15 is 0 Å². The lowest BCUT2D eigenvalue weighted by Gasteiger charge is -2.13. The Balaban J connectivity index is 1.48. The van der Waals surface area contributed by atoms with Gasteiger partial charge in [0.1, 0.15) is 6.04 Å². The first kappa shape index (κ1) is 25.8. The van der Waals surface area contributed by atoms with Gasteiger partial charge in [-0.3, -0.25) is 4.79 Å². The number of amides is 1. The summed E-state index contributed by atoms with van der Waals surface area (Å²) in [5.41, 5.74) is 1.44. The van der Waals surface area contributed by atoms with Crippen LogP contribution in [0.25, 0.3) is 0 Å². The number of carboxylic acid groups (broad SMARTS) is 1. The number of nitrogens with one attached hydrogen (secondary N) is 3. The highest BCUT2D eigenvalue weighted by Gasteiger charge is 2.21. The van der Waals surface area contributed by atoms with Crippen LogP contribution in [0.3, 0.4) is 0 Å². The number of H-pyrrole nitrogens is 1. The summed E-state index contributed by atoms with van der Waals surface area (Å²) < 4.78 is 27.3. The number of sulfonamides is 1. The van der Waals surface area contributed by atoms with Gasteiger partial charge >= 0.3 is 5.97 Å². The molecule has 1 amide bonds. The lowest BCUT2D eigenvalue weighted by atomic mass is 10.1. The van der Waals surface area contributed by atoms with Crippen LogP contribution in [-0.4, -0.2) is 53.7 Å². The summed E-state index contributed by atoms with van der Waals surface area (Å²) in [6.45, 7) is 0.201. The Kier molecular flexibility index (Phi) is 9.11. The summed E-state index contributed by atoms with van der Waals surface area (Å²) in [4.78, 5) is 31.4. The third kappa shape index (κ3) is 7.87. The molecule has 0 bridgehead atoms. The van der Waals surface area contributed by atoms with Crippen molar-refractivity contribution in [1.82, 2.24) is 20.0 Å². The molecule has 0 unspecified atom stereocenters. The van der Waals surface area contributed by atoms with Gasteiger partial charge in [0.25, 0.3) is 0 Å². The zero-order valence-electron chi connectivity index (χ0n) is 17.9. The number of carboxylic acids is 1. The fourth-order valence-corrected chi connectivity index (χ4v) is 4.96. The highest BCUT2D eigenvalue weighted by atomic mass is 35.5. The number of halogens is 1. The first-order chi connectivity index (χ1) is 16.2. The molecule has 3 rings (SSSR count). The fraction of sp³-hybridized carbons (Fsp3) is 0.227. The number of thioether (sulfide) groups is 1. The number of aliphatic carboxylic acids is 1. The SMILES string of the molecule is O=C(CSc1cccc(CCNS(=O)(=O)c2ccc(Cl)cc2)c1)N[C@@H](Cc1c[nH]cn1)C(=O)O. The Labute approximate surface area is 206 Å². The van der Waals surface area contributed by atoms with Crippen LogP contribution in [0.1, 0.15) is 11.3 Å². The van der Waals surface area contributed by atoms with E-state index in [1.165, 1.54) is 42.4 Å². The van der Waals surface area contributed by atoms with Crippen LogP contribution < -0.4 is 10.0 Å². The topological polar surface area (TPSA) is 141 Å². The number of carbonyl (C=O) groups is 2. The second-order valence-corrected chi connectivity index (χ2v) is 10.5. The van der Waals surface area contributed by atoms with Crippen molar-refractivity contribution in [2.45, 2.75) is 28.7 Å². The van der Waals surface area contributed by atoms with Crippen molar-refractivity contribution >= 4 is 45.3 Å². The van der Waals surface area contributed by atoms with Gasteiger partial charge < -0.3 is 15.4 Å². The molecular weight excluding hydrogens is 500 g/mol. The number of hydrogen-bond donors (Lipinski definition) is 4. The average molecular weight is 523 g/mol. The van der Waals surface area contributed by atoms with E-state index in [0.717, 1.165) is 10.5 Å². The molecule has 2 aromatic carbocycles. The van der Waals surface area contributed by atoms with Crippen molar-refractivity contribution in [2.24, 2.45) is 0 Å². The highest BCUT2D eigenvalue weighted by Crippen LogP contribution is 2.20. The summed E-state index contributed by atoms with van der Waals surface area (Å²) in [7, 11) is -3.64. The van der Waals surface area contributed by atoms with Crippen LogP contribution in [0, 0.1) is 0 Å². The summed E-state index contributed by atoms with van der Waals surface area (Å²) in [6.07, 6.45) is 3.56. The monoisotopic (exact) mass is 522 g/mol. The molecule has 0 fully saturated rings. The minimum atomic E-state index is -3.64. The predicted octanol–water partition coefficient (Wildman–Crippen LogP) is 2.49. The first-order valence-corrected chi connectivity index (χ1v) is 13.0. The number of nitrogens with zero attached hydrogens (tertiary/aromatic N) is 1. The molecule has 0 aliphatic rings. The van der Waals surface area contributed by atoms with Crippen LogP contribution in [0.2, 0.25) is 5.02 Å². The standard InChI is InChI=1S/C22H23ClN4O5S2/c23-16-4-6-19(7-5-16)34(31,32)26-9-8-15-2-1-3-18(10-15)33-13-21(28)27-20(22(29)30)11-17-12-24-14-25-17/h1-7,10,12,14,20,26H,8-9,11,13H2,(H,24,25)(H,27,28)(H,29,30)/t20-/m0/s1. The second kappa shape index (κ2) is 12.0. The van der Waals surface area contributed by atoms with E-state index in [1.54, 1.807) is 6.20 Å². The number of imidazole rings is 1. The molecule has 0 radical (unpaired) electrons. The van der Waals surface area contributed by atoms with Crippen molar-refractivity contribution in [2.75, 3.05) is 12.3 Å². The quantitative estimate of drug-likeness (QED) is 0.268. The Morgan fingerprint density at radius 1 is 1.18 bits per heavy atom. The molecule has 3 aromatic rings. The molecule has 0 aliphatic carbocycles. The fourth-order valence-electron chi connectivity index (χ4n) is 3.01. The number of aromatic amines is 1. The highest BCUT2D eigenvalue weighted by molar-refractivity contribution is 8.00. The maximum atomic E-state index is 12.4. The molecule has 0 spiro atoms. The molecule has 0 saturated heterocycles. The molecular formula is C22H23ClN4O5S2. The smallest absolute Gasteiger partial charge is 0.326 e. The van der Waals surface area contributed by atoms with Gasteiger partial charge in [0.05, 0.1) is 22.7 Å². The Morgan fingerprint density at radius 3 is 2.62 bits per heavy atom. The Hall–Kier alpha value is -2.86. The number of aromatic nitrogens is 2. The van der Waals surface area contributed by atoms with Crippen molar-refractivity contribution < 1.29 is 23.1 Å². The second-order valence-electron chi connectivity index (χ2n) is 7.26. The van der Waals surface area contributed by atoms with Crippen LogP contribution >= 0.6 is 23.4 Å². The summed E-state index contributed by atoms with van der Waals surface area (Å²) >= 11 is 7.06. The molecule has 34 heavy (non-hydrogen) atoms. The van der Waals surface area contributed by atoms with Crippen LogP contribution in [0.5, 0.6) is 0 Å². The van der Waals surface area contributed by atoms with Gasteiger partial charge in [-0.05, 0) is 48.4 Å². The Morgan fingerprint density at radius 2 is 1.94 bits per heavy atom. The molecule has 1 atom stereocenters. The minimum absolute atomic E-state index is 0.0387. The van der Waals surface area contributed by atoms with E-state index in [1.807, 2.05) is 24.3 Å².